The summed E-state index contributed by atoms with van der Waals surface area (Å²) in [6, 6.07) is 12.7. The Morgan fingerprint density at radius 3 is 2.53 bits per heavy atom. The summed E-state index contributed by atoms with van der Waals surface area (Å²) >= 11 is 3.35. The first-order valence-electron chi connectivity index (χ1n) is 10.3. The third-order valence-corrected chi connectivity index (χ3v) is 6.69. The standard InChI is InChI=1S/C23H20BrF3N4O/c24-17-7-5-15(6-8-17)19-11-20(23(25,26)27)31-21(29-19)18(12-28-31)22(32)30-10-9-14-3-1-2-4-16(14)13-30/h1-8,12,19-20,29H,9-11,13H2. The average Bonchev–Trinajstić information content (AvgIpc) is 3.21. The number of carbonyl (C=O) groups excluding carboxylic acids is 1. The van der Waals surface area contributed by atoms with Gasteiger partial charge in [0.15, 0.2) is 6.04 Å². The first-order chi connectivity index (χ1) is 15.3. The molecule has 0 radical (unpaired) electrons. The lowest BCUT2D eigenvalue weighted by molar-refractivity contribution is -0.173. The van der Waals surface area contributed by atoms with Gasteiger partial charge in [-0.3, -0.25) is 4.79 Å². The van der Waals surface area contributed by atoms with Crippen molar-refractivity contribution >= 4 is 27.7 Å². The Labute approximate surface area is 191 Å². The van der Waals surface area contributed by atoms with Crippen molar-refractivity contribution in [1.82, 2.24) is 14.7 Å². The van der Waals surface area contributed by atoms with E-state index in [9.17, 15) is 18.0 Å². The monoisotopic (exact) mass is 504 g/mol. The van der Waals surface area contributed by atoms with Crippen LogP contribution in [0.2, 0.25) is 0 Å². The molecule has 0 spiro atoms. The molecule has 1 aromatic heterocycles. The Balaban J connectivity index is 1.48. The van der Waals surface area contributed by atoms with Gasteiger partial charge in [0.25, 0.3) is 5.91 Å². The highest BCUT2D eigenvalue weighted by molar-refractivity contribution is 9.10. The van der Waals surface area contributed by atoms with E-state index in [2.05, 4.69) is 26.3 Å². The van der Waals surface area contributed by atoms with E-state index >= 15 is 0 Å². The Hall–Kier alpha value is -2.81. The summed E-state index contributed by atoms with van der Waals surface area (Å²) in [5.74, 6) is -0.194. The molecule has 0 aliphatic carbocycles. The van der Waals surface area contributed by atoms with Crippen molar-refractivity contribution in [2.45, 2.75) is 37.6 Å². The summed E-state index contributed by atoms with van der Waals surface area (Å²) in [7, 11) is 0. The number of nitrogens with zero attached hydrogens (tertiary/aromatic N) is 3. The maximum atomic E-state index is 13.9. The highest BCUT2D eigenvalue weighted by atomic mass is 79.9. The van der Waals surface area contributed by atoms with Crippen LogP contribution in [0.15, 0.2) is 59.2 Å². The fourth-order valence-corrected chi connectivity index (χ4v) is 4.74. The van der Waals surface area contributed by atoms with Crippen molar-refractivity contribution in [1.29, 1.82) is 0 Å². The number of rotatable bonds is 2. The van der Waals surface area contributed by atoms with E-state index in [0.29, 0.717) is 19.5 Å². The van der Waals surface area contributed by atoms with Crippen LogP contribution < -0.4 is 5.32 Å². The van der Waals surface area contributed by atoms with Crippen LogP contribution in [-0.2, 0) is 13.0 Å². The normalized spacial score (nSPS) is 20.3. The van der Waals surface area contributed by atoms with Crippen LogP contribution >= 0.6 is 15.9 Å². The SMILES string of the molecule is O=C(c1cnn2c1NC(c1ccc(Br)cc1)CC2C(F)(F)F)N1CCc2ccccc2C1. The number of amides is 1. The Morgan fingerprint density at radius 1 is 1.09 bits per heavy atom. The van der Waals surface area contributed by atoms with Gasteiger partial charge in [0.2, 0.25) is 0 Å². The zero-order valence-electron chi connectivity index (χ0n) is 16.9. The molecule has 0 saturated heterocycles. The molecule has 0 fully saturated rings. The number of alkyl halides is 3. The van der Waals surface area contributed by atoms with Gasteiger partial charge < -0.3 is 10.2 Å². The van der Waals surface area contributed by atoms with Crippen LogP contribution in [0.3, 0.4) is 0 Å². The topological polar surface area (TPSA) is 50.2 Å². The number of carbonyl (C=O) groups is 1. The molecule has 1 N–H and O–H groups in total. The van der Waals surface area contributed by atoms with Crippen molar-refractivity contribution < 1.29 is 18.0 Å². The molecule has 166 valence electrons. The van der Waals surface area contributed by atoms with Gasteiger partial charge in [-0.1, -0.05) is 52.3 Å². The molecule has 9 heteroatoms. The molecular formula is C23H20BrF3N4O. The van der Waals surface area contributed by atoms with Crippen molar-refractivity contribution in [2.24, 2.45) is 0 Å². The molecule has 2 aromatic carbocycles. The highest BCUT2D eigenvalue weighted by Crippen LogP contribution is 2.44. The predicted molar refractivity (Wildman–Crippen MR) is 117 cm³/mol. The number of halogens is 4. The van der Waals surface area contributed by atoms with Gasteiger partial charge in [-0.25, -0.2) is 4.68 Å². The van der Waals surface area contributed by atoms with E-state index in [-0.39, 0.29) is 23.7 Å². The number of anilines is 1. The van der Waals surface area contributed by atoms with Gasteiger partial charge in [0.1, 0.15) is 11.4 Å². The van der Waals surface area contributed by atoms with Crippen molar-refractivity contribution in [2.75, 3.05) is 11.9 Å². The molecular weight excluding hydrogens is 485 g/mol. The highest BCUT2D eigenvalue weighted by Gasteiger charge is 2.47. The van der Waals surface area contributed by atoms with Gasteiger partial charge in [-0.05, 0) is 35.2 Å². The van der Waals surface area contributed by atoms with Crippen LogP contribution in [0.25, 0.3) is 0 Å². The Morgan fingerprint density at radius 2 is 1.81 bits per heavy atom. The van der Waals surface area contributed by atoms with Crippen molar-refractivity contribution in [3.05, 3.63) is 81.5 Å². The summed E-state index contributed by atoms with van der Waals surface area (Å²) in [5.41, 5.74) is 3.14. The third kappa shape index (κ3) is 3.79. The van der Waals surface area contributed by atoms with E-state index in [1.807, 2.05) is 24.3 Å². The van der Waals surface area contributed by atoms with E-state index in [4.69, 9.17) is 0 Å². The molecule has 2 aliphatic rings. The van der Waals surface area contributed by atoms with Gasteiger partial charge in [0, 0.05) is 24.0 Å². The molecule has 1 amide bonds. The van der Waals surface area contributed by atoms with Crippen LogP contribution in [0, 0.1) is 0 Å². The number of hydrogen-bond donors (Lipinski definition) is 1. The molecule has 3 aromatic rings. The Bertz CT molecular complexity index is 1160. The molecule has 0 bridgehead atoms. The zero-order chi connectivity index (χ0) is 22.5. The minimum atomic E-state index is -4.49. The Kier molecular flexibility index (Phi) is 5.23. The second kappa shape index (κ2) is 7.95. The number of benzene rings is 2. The quantitative estimate of drug-likeness (QED) is 0.500. The van der Waals surface area contributed by atoms with Gasteiger partial charge in [-0.15, -0.1) is 0 Å². The maximum Gasteiger partial charge on any atom is 0.410 e. The lowest BCUT2D eigenvalue weighted by Gasteiger charge is -2.34. The molecule has 5 nitrogen and oxygen atoms in total. The van der Waals surface area contributed by atoms with Crippen molar-refractivity contribution in [3.8, 4) is 0 Å². The molecule has 2 unspecified atom stereocenters. The average molecular weight is 505 g/mol. The van der Waals surface area contributed by atoms with Crippen LogP contribution in [0.1, 0.15) is 45.6 Å². The smallest absolute Gasteiger partial charge is 0.363 e. The maximum absolute atomic E-state index is 13.9. The number of hydrogen-bond acceptors (Lipinski definition) is 3. The van der Waals surface area contributed by atoms with E-state index in [1.165, 1.54) is 11.8 Å². The first kappa shape index (κ1) is 21.1. The summed E-state index contributed by atoms with van der Waals surface area (Å²) in [4.78, 5) is 15.0. The van der Waals surface area contributed by atoms with Crippen LogP contribution in [0.4, 0.5) is 19.0 Å². The molecule has 5 rings (SSSR count). The van der Waals surface area contributed by atoms with Crippen LogP contribution in [-0.4, -0.2) is 33.3 Å². The molecule has 32 heavy (non-hydrogen) atoms. The van der Waals surface area contributed by atoms with Gasteiger partial charge in [0.05, 0.1) is 12.2 Å². The van der Waals surface area contributed by atoms with E-state index < -0.39 is 18.3 Å². The van der Waals surface area contributed by atoms with E-state index in [1.54, 1.807) is 29.2 Å². The number of nitrogens with one attached hydrogen (secondary N) is 1. The second-order valence-corrected chi connectivity index (χ2v) is 9.05. The largest absolute Gasteiger partial charge is 0.410 e. The molecule has 3 heterocycles. The second-order valence-electron chi connectivity index (χ2n) is 8.14. The minimum Gasteiger partial charge on any atom is -0.363 e. The molecule has 0 saturated carbocycles. The fraction of sp³-hybridized carbons (Fsp3) is 0.304. The summed E-state index contributed by atoms with van der Waals surface area (Å²) in [6.07, 6.45) is -2.72. The first-order valence-corrected chi connectivity index (χ1v) is 11.1. The van der Waals surface area contributed by atoms with Crippen LogP contribution in [0.5, 0.6) is 0 Å². The van der Waals surface area contributed by atoms with E-state index in [0.717, 1.165) is 20.3 Å². The number of aromatic nitrogens is 2. The minimum absolute atomic E-state index is 0.121. The fourth-order valence-electron chi connectivity index (χ4n) is 4.47. The third-order valence-electron chi connectivity index (χ3n) is 6.16. The summed E-state index contributed by atoms with van der Waals surface area (Å²) in [6.45, 7) is 0.942. The number of fused-ring (bicyclic) bond motifs is 2. The summed E-state index contributed by atoms with van der Waals surface area (Å²) in [5, 5.41) is 7.15. The lowest BCUT2D eigenvalue weighted by atomic mass is 9.96. The van der Waals surface area contributed by atoms with Crippen molar-refractivity contribution in [3.63, 3.8) is 0 Å². The molecule has 2 atom stereocenters. The summed E-state index contributed by atoms with van der Waals surface area (Å²) < 4.78 is 43.5. The van der Waals surface area contributed by atoms with Gasteiger partial charge in [-0.2, -0.15) is 18.3 Å². The predicted octanol–water partition coefficient (Wildman–Crippen LogP) is 5.50. The lowest BCUT2D eigenvalue weighted by Crippen LogP contribution is -2.38. The molecule has 2 aliphatic heterocycles. The zero-order valence-corrected chi connectivity index (χ0v) is 18.5. The van der Waals surface area contributed by atoms with Gasteiger partial charge >= 0.3 is 6.18 Å².